The lowest BCUT2D eigenvalue weighted by molar-refractivity contribution is 1.37. The first-order valence-electron chi connectivity index (χ1n) is 8.07. The van der Waals surface area contributed by atoms with E-state index in [1.165, 1.54) is 27.2 Å². The van der Waals surface area contributed by atoms with Gasteiger partial charge in [0.2, 0.25) is 8.24 Å². The molecule has 0 fully saturated rings. The van der Waals surface area contributed by atoms with Crippen molar-refractivity contribution in [1.29, 1.82) is 0 Å². The number of aryl methyl sites for hydroxylation is 2. The van der Waals surface area contributed by atoms with Crippen LogP contribution in [0, 0.1) is 13.8 Å². The Hall–Kier alpha value is -2.32. The summed E-state index contributed by atoms with van der Waals surface area (Å²) in [6.45, 7) is 6.75. The Bertz CT molecular complexity index is 722. The lowest BCUT2D eigenvalue weighted by Crippen LogP contribution is -2.62. The first-order chi connectivity index (χ1) is 11.1. The van der Waals surface area contributed by atoms with Crippen molar-refractivity contribution >= 4 is 24.3 Å². The first kappa shape index (κ1) is 15.6. The van der Waals surface area contributed by atoms with E-state index < -0.39 is 8.24 Å². The standard InChI is InChI=1S/C21H23NSi/c1-17-11-10-12-18(2)21(17)22-23(3,19-13-6-4-7-14-19)20-15-8-5-9-16-20/h4-16,22H,1-3H3. The number of benzene rings is 3. The summed E-state index contributed by atoms with van der Waals surface area (Å²) in [4.78, 5) is 3.96. The average Bonchev–Trinajstić information content (AvgIpc) is 2.60. The highest BCUT2D eigenvalue weighted by Gasteiger charge is 2.33. The molecule has 116 valence electrons. The Morgan fingerprint density at radius 3 is 1.48 bits per heavy atom. The van der Waals surface area contributed by atoms with Gasteiger partial charge in [0, 0.05) is 5.69 Å². The first-order valence-corrected chi connectivity index (χ1v) is 10.6. The van der Waals surface area contributed by atoms with Crippen molar-refractivity contribution < 1.29 is 0 Å². The van der Waals surface area contributed by atoms with Crippen molar-refractivity contribution in [2.24, 2.45) is 0 Å². The average molecular weight is 318 g/mol. The second-order valence-electron chi connectivity index (χ2n) is 6.25. The third-order valence-corrected chi connectivity index (χ3v) is 8.28. The zero-order chi connectivity index (χ0) is 16.3. The van der Waals surface area contributed by atoms with E-state index in [2.05, 4.69) is 104 Å². The number of hydrogen-bond acceptors (Lipinski definition) is 1. The fourth-order valence-electron chi connectivity index (χ4n) is 3.12. The summed E-state index contributed by atoms with van der Waals surface area (Å²) in [5.74, 6) is 0. The molecule has 2 heteroatoms. The van der Waals surface area contributed by atoms with Crippen molar-refractivity contribution in [1.82, 2.24) is 0 Å². The molecule has 3 aromatic carbocycles. The normalized spacial score (nSPS) is 11.3. The van der Waals surface area contributed by atoms with Gasteiger partial charge in [0.25, 0.3) is 0 Å². The van der Waals surface area contributed by atoms with Crippen molar-refractivity contribution in [3.8, 4) is 0 Å². The maximum Gasteiger partial charge on any atom is 0.214 e. The summed E-state index contributed by atoms with van der Waals surface area (Å²) in [5.41, 5.74) is 3.88. The van der Waals surface area contributed by atoms with Gasteiger partial charge in [-0.15, -0.1) is 0 Å². The predicted octanol–water partition coefficient (Wildman–Crippen LogP) is 4.11. The zero-order valence-electron chi connectivity index (χ0n) is 14.0. The lowest BCUT2D eigenvalue weighted by Gasteiger charge is -2.32. The highest BCUT2D eigenvalue weighted by atomic mass is 28.3. The Labute approximate surface area is 140 Å². The van der Waals surface area contributed by atoms with Gasteiger partial charge in [0.1, 0.15) is 0 Å². The largest absolute Gasteiger partial charge is 0.403 e. The van der Waals surface area contributed by atoms with E-state index in [4.69, 9.17) is 0 Å². The molecular weight excluding hydrogens is 294 g/mol. The maximum atomic E-state index is 3.96. The summed E-state index contributed by atoms with van der Waals surface area (Å²) in [7, 11) is -2.06. The van der Waals surface area contributed by atoms with Crippen molar-refractivity contribution in [2.45, 2.75) is 20.4 Å². The molecule has 0 amide bonds. The summed E-state index contributed by atoms with van der Waals surface area (Å²) >= 11 is 0. The molecule has 0 heterocycles. The Morgan fingerprint density at radius 1 is 0.609 bits per heavy atom. The molecule has 1 nitrogen and oxygen atoms in total. The third kappa shape index (κ3) is 3.08. The number of anilines is 1. The fraction of sp³-hybridized carbons (Fsp3) is 0.143. The molecule has 0 aliphatic heterocycles. The second-order valence-corrected chi connectivity index (χ2v) is 9.90. The van der Waals surface area contributed by atoms with Crippen LogP contribution in [0.25, 0.3) is 0 Å². The predicted molar refractivity (Wildman–Crippen MR) is 103 cm³/mol. The van der Waals surface area contributed by atoms with Crippen LogP contribution in [0.4, 0.5) is 5.69 Å². The van der Waals surface area contributed by atoms with Crippen LogP contribution in [0.2, 0.25) is 6.55 Å². The number of para-hydroxylation sites is 1. The van der Waals surface area contributed by atoms with Gasteiger partial charge in [-0.2, -0.15) is 0 Å². The van der Waals surface area contributed by atoms with E-state index >= 15 is 0 Å². The molecule has 0 aliphatic rings. The highest BCUT2D eigenvalue weighted by molar-refractivity contribution is 7.03. The molecule has 0 atom stereocenters. The minimum absolute atomic E-state index is 1.27. The van der Waals surface area contributed by atoms with E-state index in [1.54, 1.807) is 0 Å². The summed E-state index contributed by atoms with van der Waals surface area (Å²) in [5, 5.41) is 2.79. The van der Waals surface area contributed by atoms with Gasteiger partial charge in [-0.3, -0.25) is 0 Å². The van der Waals surface area contributed by atoms with Crippen LogP contribution < -0.4 is 15.4 Å². The number of rotatable bonds is 4. The van der Waals surface area contributed by atoms with Crippen molar-refractivity contribution in [3.05, 3.63) is 90.0 Å². The molecule has 0 saturated carbocycles. The van der Waals surface area contributed by atoms with Gasteiger partial charge in [-0.1, -0.05) is 78.9 Å². The van der Waals surface area contributed by atoms with Crippen LogP contribution in [0.5, 0.6) is 0 Å². The minimum atomic E-state index is -2.06. The second kappa shape index (κ2) is 6.43. The molecule has 1 N–H and O–H groups in total. The van der Waals surface area contributed by atoms with Gasteiger partial charge in [-0.25, -0.2) is 0 Å². The monoisotopic (exact) mass is 317 g/mol. The quantitative estimate of drug-likeness (QED) is 0.714. The Balaban J connectivity index is 2.14. The van der Waals surface area contributed by atoms with Gasteiger partial charge in [0.15, 0.2) is 0 Å². The molecule has 0 bridgehead atoms. The topological polar surface area (TPSA) is 12.0 Å². The Kier molecular flexibility index (Phi) is 4.35. The molecule has 0 unspecified atom stereocenters. The molecule has 3 aromatic rings. The lowest BCUT2D eigenvalue weighted by atomic mass is 10.1. The molecule has 0 radical (unpaired) electrons. The minimum Gasteiger partial charge on any atom is -0.403 e. The van der Waals surface area contributed by atoms with Crippen molar-refractivity contribution in [2.75, 3.05) is 4.98 Å². The fourth-order valence-corrected chi connectivity index (χ4v) is 6.35. The molecule has 0 aromatic heterocycles. The van der Waals surface area contributed by atoms with Crippen LogP contribution in [0.1, 0.15) is 11.1 Å². The van der Waals surface area contributed by atoms with E-state index in [0.717, 1.165) is 0 Å². The van der Waals surface area contributed by atoms with Gasteiger partial charge >= 0.3 is 0 Å². The molecule has 0 spiro atoms. The molecule has 0 saturated heterocycles. The number of nitrogens with one attached hydrogen (secondary N) is 1. The molecular formula is C21H23NSi. The van der Waals surface area contributed by atoms with Crippen molar-refractivity contribution in [3.63, 3.8) is 0 Å². The van der Waals surface area contributed by atoms with Crippen LogP contribution in [-0.2, 0) is 0 Å². The third-order valence-electron chi connectivity index (χ3n) is 4.56. The van der Waals surface area contributed by atoms with Gasteiger partial charge in [0.05, 0.1) is 0 Å². The zero-order valence-corrected chi connectivity index (χ0v) is 15.0. The van der Waals surface area contributed by atoms with Gasteiger partial charge in [-0.05, 0) is 41.9 Å². The molecule has 23 heavy (non-hydrogen) atoms. The number of hydrogen-bond donors (Lipinski definition) is 1. The highest BCUT2D eigenvalue weighted by Crippen LogP contribution is 2.22. The SMILES string of the molecule is Cc1cccc(C)c1N[Si](C)(c1ccccc1)c1ccccc1. The van der Waals surface area contributed by atoms with Gasteiger partial charge < -0.3 is 4.98 Å². The van der Waals surface area contributed by atoms with Crippen LogP contribution in [-0.4, -0.2) is 8.24 Å². The summed E-state index contributed by atoms with van der Waals surface area (Å²) in [6.07, 6.45) is 0. The molecule has 0 aliphatic carbocycles. The van der Waals surface area contributed by atoms with E-state index in [-0.39, 0.29) is 0 Å². The van der Waals surface area contributed by atoms with Crippen LogP contribution >= 0.6 is 0 Å². The van der Waals surface area contributed by atoms with E-state index in [1.807, 2.05) is 0 Å². The van der Waals surface area contributed by atoms with E-state index in [0.29, 0.717) is 0 Å². The van der Waals surface area contributed by atoms with E-state index in [9.17, 15) is 0 Å². The summed E-state index contributed by atoms with van der Waals surface area (Å²) < 4.78 is 0. The van der Waals surface area contributed by atoms with Crippen LogP contribution in [0.3, 0.4) is 0 Å². The molecule has 3 rings (SSSR count). The van der Waals surface area contributed by atoms with Crippen LogP contribution in [0.15, 0.2) is 78.9 Å². The summed E-state index contributed by atoms with van der Waals surface area (Å²) in [6, 6.07) is 28.2. The maximum absolute atomic E-state index is 3.96. The Morgan fingerprint density at radius 2 is 1.04 bits per heavy atom. The smallest absolute Gasteiger partial charge is 0.214 e.